The third-order valence-corrected chi connectivity index (χ3v) is 4.74. The molecule has 94 valence electrons. The molecule has 1 aliphatic rings. The molecule has 2 heteroatoms. The van der Waals surface area contributed by atoms with Crippen LogP contribution in [-0.4, -0.2) is 6.04 Å². The minimum atomic E-state index is 0.433. The highest BCUT2D eigenvalue weighted by Gasteiger charge is 2.27. The zero-order valence-corrected chi connectivity index (χ0v) is 12.3. The fourth-order valence-electron chi connectivity index (χ4n) is 2.98. The summed E-state index contributed by atoms with van der Waals surface area (Å²) < 4.78 is 1.21. The van der Waals surface area contributed by atoms with E-state index in [1.165, 1.54) is 35.7 Å². The van der Waals surface area contributed by atoms with Gasteiger partial charge in [0.05, 0.1) is 0 Å². The van der Waals surface area contributed by atoms with Gasteiger partial charge >= 0.3 is 0 Å². The number of hydrogen-bond acceptors (Lipinski definition) is 1. The number of nitrogens with one attached hydrogen (secondary N) is 1. The normalized spacial score (nSPS) is 26.1. The fourth-order valence-corrected chi connectivity index (χ4v) is 3.61. The molecule has 0 aliphatic heterocycles. The number of rotatable bonds is 4. The molecule has 1 aromatic carbocycles. The first kappa shape index (κ1) is 13.1. The second kappa shape index (κ2) is 6.01. The Morgan fingerprint density at radius 3 is 2.82 bits per heavy atom. The molecule has 2 unspecified atom stereocenters. The molecular weight excluding hydrogens is 274 g/mol. The number of benzene rings is 1. The highest BCUT2D eigenvalue weighted by Crippen LogP contribution is 2.31. The molecule has 1 N–H and O–H groups in total. The van der Waals surface area contributed by atoms with Gasteiger partial charge in [0.1, 0.15) is 0 Å². The molecule has 1 saturated carbocycles. The van der Waals surface area contributed by atoms with E-state index in [2.05, 4.69) is 59.4 Å². The minimum Gasteiger partial charge on any atom is -0.307 e. The molecule has 0 heterocycles. The summed E-state index contributed by atoms with van der Waals surface area (Å²) in [6.45, 7) is 4.58. The van der Waals surface area contributed by atoms with Crippen molar-refractivity contribution in [2.24, 2.45) is 5.92 Å². The summed E-state index contributed by atoms with van der Waals surface area (Å²) in [4.78, 5) is 0. The van der Waals surface area contributed by atoms with Crippen LogP contribution in [0.3, 0.4) is 0 Å². The summed E-state index contributed by atoms with van der Waals surface area (Å²) in [5.74, 6) is 0.875. The summed E-state index contributed by atoms with van der Waals surface area (Å²) >= 11 is 3.64. The monoisotopic (exact) mass is 295 g/mol. The van der Waals surface area contributed by atoms with E-state index in [4.69, 9.17) is 0 Å². The first-order valence-corrected chi connectivity index (χ1v) is 7.52. The predicted octanol–water partition coefficient (Wildman–Crippen LogP) is 4.68. The van der Waals surface area contributed by atoms with Crippen molar-refractivity contribution in [2.75, 3.05) is 0 Å². The van der Waals surface area contributed by atoms with Gasteiger partial charge in [0.25, 0.3) is 0 Å². The van der Waals surface area contributed by atoms with Crippen molar-refractivity contribution >= 4 is 15.9 Å². The van der Waals surface area contributed by atoms with Gasteiger partial charge in [-0.1, -0.05) is 53.9 Å². The second-order valence-corrected chi connectivity index (χ2v) is 5.97. The van der Waals surface area contributed by atoms with E-state index in [-0.39, 0.29) is 0 Å². The van der Waals surface area contributed by atoms with E-state index in [0.717, 1.165) is 5.92 Å². The van der Waals surface area contributed by atoms with Crippen LogP contribution < -0.4 is 5.32 Å². The number of halogens is 1. The zero-order valence-electron chi connectivity index (χ0n) is 10.7. The zero-order chi connectivity index (χ0) is 12.3. The van der Waals surface area contributed by atoms with Crippen molar-refractivity contribution in [1.29, 1.82) is 0 Å². The maximum Gasteiger partial charge on any atom is 0.0305 e. The Bertz CT molecular complexity index is 364. The lowest BCUT2D eigenvalue weighted by molar-refractivity contribution is 0.360. The minimum absolute atomic E-state index is 0.433. The Labute approximate surface area is 113 Å². The highest BCUT2D eigenvalue weighted by atomic mass is 79.9. The van der Waals surface area contributed by atoms with Crippen LogP contribution in [0, 0.1) is 5.92 Å². The highest BCUT2D eigenvalue weighted by molar-refractivity contribution is 9.10. The molecule has 17 heavy (non-hydrogen) atoms. The molecule has 0 saturated heterocycles. The number of hydrogen-bond donors (Lipinski definition) is 1. The van der Waals surface area contributed by atoms with Crippen LogP contribution in [0.1, 0.15) is 51.1 Å². The molecule has 2 rings (SSSR count). The molecule has 1 aliphatic carbocycles. The average Bonchev–Trinajstić information content (AvgIpc) is 2.76. The lowest BCUT2D eigenvalue weighted by Gasteiger charge is -2.25. The van der Waals surface area contributed by atoms with Gasteiger partial charge in [-0.2, -0.15) is 0 Å². The Morgan fingerprint density at radius 2 is 2.12 bits per heavy atom. The van der Waals surface area contributed by atoms with Crippen LogP contribution in [0.25, 0.3) is 0 Å². The first-order chi connectivity index (χ1) is 8.22. The first-order valence-electron chi connectivity index (χ1n) is 6.72. The van der Waals surface area contributed by atoms with Gasteiger partial charge in [-0.25, -0.2) is 0 Å². The van der Waals surface area contributed by atoms with E-state index in [0.29, 0.717) is 12.1 Å². The summed E-state index contributed by atoms with van der Waals surface area (Å²) in [5, 5.41) is 3.81. The van der Waals surface area contributed by atoms with E-state index >= 15 is 0 Å². The van der Waals surface area contributed by atoms with E-state index in [9.17, 15) is 0 Å². The van der Waals surface area contributed by atoms with Crippen molar-refractivity contribution in [3.63, 3.8) is 0 Å². The summed E-state index contributed by atoms with van der Waals surface area (Å²) in [7, 11) is 0. The van der Waals surface area contributed by atoms with Crippen LogP contribution >= 0.6 is 15.9 Å². The molecule has 1 fully saturated rings. The average molecular weight is 296 g/mol. The summed E-state index contributed by atoms with van der Waals surface area (Å²) in [6.07, 6.45) is 5.43. The summed E-state index contributed by atoms with van der Waals surface area (Å²) in [5.41, 5.74) is 1.37. The van der Waals surface area contributed by atoms with Crippen LogP contribution in [0.4, 0.5) is 0 Å². The molecule has 1 aromatic rings. The summed E-state index contributed by atoms with van der Waals surface area (Å²) in [6, 6.07) is 9.66. The third-order valence-electron chi connectivity index (χ3n) is 4.02. The Hall–Kier alpha value is -0.340. The van der Waals surface area contributed by atoms with Gasteiger partial charge in [-0.15, -0.1) is 0 Å². The smallest absolute Gasteiger partial charge is 0.0305 e. The maximum absolute atomic E-state index is 3.81. The van der Waals surface area contributed by atoms with Crippen LogP contribution in [0.2, 0.25) is 0 Å². The topological polar surface area (TPSA) is 12.0 Å². The molecule has 3 atom stereocenters. The van der Waals surface area contributed by atoms with E-state index in [1.54, 1.807) is 0 Å². The molecule has 0 spiro atoms. The van der Waals surface area contributed by atoms with Crippen molar-refractivity contribution in [2.45, 2.75) is 51.6 Å². The van der Waals surface area contributed by atoms with Gasteiger partial charge in [0, 0.05) is 16.6 Å². The Kier molecular flexibility index (Phi) is 4.63. The van der Waals surface area contributed by atoms with Gasteiger partial charge in [0.15, 0.2) is 0 Å². The molecule has 0 radical (unpaired) electrons. The second-order valence-electron chi connectivity index (χ2n) is 5.12. The standard InChI is InChI=1S/C15H22BrN/c1-3-12-7-6-10-15(12)17-11(2)13-8-4-5-9-14(13)16/h4-5,8-9,11-12,15,17H,3,6-7,10H2,1-2H3/t11-,12?,15?/m0/s1. The predicted molar refractivity (Wildman–Crippen MR) is 77.1 cm³/mol. The fraction of sp³-hybridized carbons (Fsp3) is 0.600. The molecule has 0 aromatic heterocycles. The SMILES string of the molecule is CCC1CCCC1N[C@@H](C)c1ccccc1Br. The van der Waals surface area contributed by atoms with Crippen molar-refractivity contribution < 1.29 is 0 Å². The lowest BCUT2D eigenvalue weighted by atomic mass is 9.98. The van der Waals surface area contributed by atoms with Gasteiger partial charge < -0.3 is 5.32 Å². The Morgan fingerprint density at radius 1 is 1.35 bits per heavy atom. The quantitative estimate of drug-likeness (QED) is 0.850. The van der Waals surface area contributed by atoms with Gasteiger partial charge in [-0.05, 0) is 37.3 Å². The van der Waals surface area contributed by atoms with E-state index in [1.807, 2.05) is 0 Å². The van der Waals surface area contributed by atoms with Crippen LogP contribution in [0.5, 0.6) is 0 Å². The molecular formula is C15H22BrN. The maximum atomic E-state index is 3.81. The van der Waals surface area contributed by atoms with Crippen molar-refractivity contribution in [1.82, 2.24) is 5.32 Å². The van der Waals surface area contributed by atoms with Gasteiger partial charge in [-0.3, -0.25) is 0 Å². The lowest BCUT2D eigenvalue weighted by Crippen LogP contribution is -2.34. The molecule has 0 bridgehead atoms. The van der Waals surface area contributed by atoms with Crippen molar-refractivity contribution in [3.8, 4) is 0 Å². The largest absolute Gasteiger partial charge is 0.307 e. The Balaban J connectivity index is 2.01. The molecule has 0 amide bonds. The van der Waals surface area contributed by atoms with Crippen LogP contribution in [-0.2, 0) is 0 Å². The van der Waals surface area contributed by atoms with Gasteiger partial charge in [0.2, 0.25) is 0 Å². The third kappa shape index (κ3) is 3.11. The van der Waals surface area contributed by atoms with Crippen LogP contribution in [0.15, 0.2) is 28.7 Å². The molecule has 1 nitrogen and oxygen atoms in total. The van der Waals surface area contributed by atoms with E-state index < -0.39 is 0 Å². The van der Waals surface area contributed by atoms with Crippen molar-refractivity contribution in [3.05, 3.63) is 34.3 Å².